The molecule has 4 rings (SSSR count). The second kappa shape index (κ2) is 10.8. The maximum Gasteiger partial charge on any atom is 0.416 e. The Morgan fingerprint density at radius 1 is 1.08 bits per heavy atom. The molecule has 1 aliphatic rings. The smallest absolute Gasteiger partial charge is 0.416 e. The molecule has 2 aromatic carbocycles. The fourth-order valence-electron chi connectivity index (χ4n) is 3.92. The number of aromatic nitrogens is 1. The Balaban J connectivity index is 1.28. The van der Waals surface area contributed by atoms with Crippen molar-refractivity contribution in [3.63, 3.8) is 0 Å². The van der Waals surface area contributed by atoms with E-state index in [2.05, 4.69) is 10.3 Å². The number of nitrogens with zero attached hydrogens (tertiary/aromatic N) is 2. The summed E-state index contributed by atoms with van der Waals surface area (Å²) in [6.45, 7) is 3.00. The highest BCUT2D eigenvalue weighted by Crippen LogP contribution is 2.31. The van der Waals surface area contributed by atoms with Crippen molar-refractivity contribution in [2.45, 2.75) is 37.1 Å². The first kappa shape index (κ1) is 26.5. The van der Waals surface area contributed by atoms with Crippen LogP contribution in [0.2, 0.25) is 0 Å². The first-order chi connectivity index (χ1) is 17.5. The lowest BCUT2D eigenvalue weighted by Crippen LogP contribution is -2.26. The average molecular weight is 534 g/mol. The highest BCUT2D eigenvalue weighted by atomic mass is 32.2. The van der Waals surface area contributed by atoms with E-state index in [0.29, 0.717) is 36.6 Å². The number of carbonyl (C=O) groups excluding carboxylic acids is 1. The van der Waals surface area contributed by atoms with Crippen molar-refractivity contribution in [3.05, 3.63) is 83.6 Å². The lowest BCUT2D eigenvalue weighted by molar-refractivity contribution is -0.137. The lowest BCUT2D eigenvalue weighted by atomic mass is 10.2. The molecule has 2 heterocycles. The van der Waals surface area contributed by atoms with Gasteiger partial charge in [0.1, 0.15) is 17.7 Å². The molecule has 196 valence electrons. The number of alkyl halides is 3. The normalized spacial score (nSPS) is 16.0. The van der Waals surface area contributed by atoms with Crippen LogP contribution in [-0.4, -0.2) is 44.3 Å². The largest absolute Gasteiger partial charge is 0.489 e. The number of benzene rings is 2. The van der Waals surface area contributed by atoms with Crippen molar-refractivity contribution in [3.8, 4) is 5.75 Å². The van der Waals surface area contributed by atoms with Crippen LogP contribution < -0.4 is 15.0 Å². The fourth-order valence-corrected chi connectivity index (χ4v) is 4.80. The van der Waals surface area contributed by atoms with Crippen LogP contribution in [0.5, 0.6) is 5.75 Å². The number of hydrogen-bond donors (Lipinski definition) is 1. The Morgan fingerprint density at radius 3 is 2.38 bits per heavy atom. The zero-order valence-corrected chi connectivity index (χ0v) is 20.8. The summed E-state index contributed by atoms with van der Waals surface area (Å²) >= 11 is 0. The van der Waals surface area contributed by atoms with Crippen LogP contribution in [0.1, 0.15) is 34.8 Å². The minimum Gasteiger partial charge on any atom is -0.489 e. The van der Waals surface area contributed by atoms with Crippen LogP contribution >= 0.6 is 0 Å². The summed E-state index contributed by atoms with van der Waals surface area (Å²) in [4.78, 5) is 19.1. The quantitative estimate of drug-likeness (QED) is 0.459. The number of nitrogens with one attached hydrogen (secondary N) is 1. The van der Waals surface area contributed by atoms with Gasteiger partial charge >= 0.3 is 6.18 Å². The monoisotopic (exact) mass is 533 g/mol. The van der Waals surface area contributed by atoms with Gasteiger partial charge in [-0.05, 0) is 54.1 Å². The van der Waals surface area contributed by atoms with Crippen LogP contribution in [0, 0.1) is 0 Å². The summed E-state index contributed by atoms with van der Waals surface area (Å²) in [5.74, 6) is 0.759. The molecule has 7 nitrogen and oxygen atoms in total. The Hall–Kier alpha value is -3.60. The number of pyridine rings is 1. The number of anilines is 1. The van der Waals surface area contributed by atoms with Crippen LogP contribution in [-0.2, 0) is 22.6 Å². The van der Waals surface area contributed by atoms with Crippen molar-refractivity contribution in [2.75, 3.05) is 23.7 Å². The van der Waals surface area contributed by atoms with E-state index in [-0.39, 0.29) is 29.2 Å². The van der Waals surface area contributed by atoms with Crippen molar-refractivity contribution in [1.29, 1.82) is 0 Å². The summed E-state index contributed by atoms with van der Waals surface area (Å²) in [5.41, 5.74) is 0.427. The van der Waals surface area contributed by atoms with Gasteiger partial charge in [0.05, 0.1) is 28.3 Å². The lowest BCUT2D eigenvalue weighted by Gasteiger charge is -2.18. The van der Waals surface area contributed by atoms with E-state index in [1.165, 1.54) is 30.5 Å². The number of rotatable bonds is 8. The summed E-state index contributed by atoms with van der Waals surface area (Å²) in [5, 5.41) is 2.79. The summed E-state index contributed by atoms with van der Waals surface area (Å²) in [6, 6.07) is 14.4. The Bertz CT molecular complexity index is 1330. The zero-order valence-electron chi connectivity index (χ0n) is 20.0. The van der Waals surface area contributed by atoms with Gasteiger partial charge < -0.3 is 15.0 Å². The Labute approximate surface area is 213 Å². The van der Waals surface area contributed by atoms with Crippen molar-refractivity contribution in [2.24, 2.45) is 0 Å². The number of ether oxygens (including phenoxy) is 1. The van der Waals surface area contributed by atoms with E-state index >= 15 is 0 Å². The summed E-state index contributed by atoms with van der Waals surface area (Å²) < 4.78 is 67.8. The molecule has 0 saturated carbocycles. The third-order valence-corrected chi connectivity index (χ3v) is 7.83. The third kappa shape index (κ3) is 6.59. The summed E-state index contributed by atoms with van der Waals surface area (Å²) in [6.07, 6.45) is -2.42. The topological polar surface area (TPSA) is 88.6 Å². The molecule has 0 bridgehead atoms. The van der Waals surface area contributed by atoms with E-state index in [1.54, 1.807) is 31.2 Å². The van der Waals surface area contributed by atoms with E-state index in [0.717, 1.165) is 17.7 Å². The molecule has 1 aromatic heterocycles. The standard InChI is InChI=1S/C26H26F3N3O4S/c1-2-37(34,35)23-10-3-18(4-11-23)15-31-25(33)19-5-12-24(30-16-19)32-14-13-22(17-32)36-21-8-6-20(7-9-21)26(27,28)29/h3-12,16,22H,2,13-15,17H2,1H3,(H,31,33). The van der Waals surface area contributed by atoms with Gasteiger partial charge in [0, 0.05) is 25.7 Å². The van der Waals surface area contributed by atoms with Crippen LogP contribution in [0.15, 0.2) is 71.8 Å². The van der Waals surface area contributed by atoms with Gasteiger partial charge in [0.15, 0.2) is 9.84 Å². The number of sulfone groups is 1. The first-order valence-corrected chi connectivity index (χ1v) is 13.3. The van der Waals surface area contributed by atoms with Gasteiger partial charge in [-0.25, -0.2) is 13.4 Å². The van der Waals surface area contributed by atoms with Crippen LogP contribution in [0.4, 0.5) is 19.0 Å². The molecule has 1 fully saturated rings. The molecule has 1 N–H and O–H groups in total. The number of amides is 1. The minimum atomic E-state index is -4.39. The molecule has 37 heavy (non-hydrogen) atoms. The molecule has 1 unspecified atom stereocenters. The predicted octanol–water partition coefficient (Wildman–Crippen LogP) is 4.48. The molecular formula is C26H26F3N3O4S. The van der Waals surface area contributed by atoms with Gasteiger partial charge in [0.2, 0.25) is 0 Å². The molecule has 1 amide bonds. The maximum absolute atomic E-state index is 12.7. The highest BCUT2D eigenvalue weighted by Gasteiger charge is 2.30. The van der Waals surface area contributed by atoms with Crippen molar-refractivity contribution >= 4 is 21.6 Å². The van der Waals surface area contributed by atoms with Gasteiger partial charge in [-0.3, -0.25) is 4.79 Å². The second-order valence-electron chi connectivity index (χ2n) is 8.63. The molecule has 0 aliphatic carbocycles. The zero-order chi connectivity index (χ0) is 26.6. The number of hydrogen-bond acceptors (Lipinski definition) is 6. The molecule has 1 saturated heterocycles. The molecule has 1 atom stereocenters. The van der Waals surface area contributed by atoms with Gasteiger partial charge in [0.25, 0.3) is 5.91 Å². The van der Waals surface area contributed by atoms with E-state index in [1.807, 2.05) is 4.90 Å². The third-order valence-electron chi connectivity index (χ3n) is 6.08. The molecular weight excluding hydrogens is 507 g/mol. The van der Waals surface area contributed by atoms with Crippen molar-refractivity contribution in [1.82, 2.24) is 10.3 Å². The Morgan fingerprint density at radius 2 is 1.78 bits per heavy atom. The predicted molar refractivity (Wildman–Crippen MR) is 132 cm³/mol. The minimum absolute atomic E-state index is 0.0241. The van der Waals surface area contributed by atoms with Gasteiger partial charge in [-0.1, -0.05) is 19.1 Å². The van der Waals surface area contributed by atoms with Gasteiger partial charge in [-0.2, -0.15) is 13.2 Å². The van der Waals surface area contributed by atoms with Crippen LogP contribution in [0.25, 0.3) is 0 Å². The fraction of sp³-hybridized carbons (Fsp3) is 0.308. The highest BCUT2D eigenvalue weighted by molar-refractivity contribution is 7.91. The van der Waals surface area contributed by atoms with Crippen molar-refractivity contribution < 1.29 is 31.1 Å². The van der Waals surface area contributed by atoms with E-state index < -0.39 is 21.6 Å². The summed E-state index contributed by atoms with van der Waals surface area (Å²) in [7, 11) is -3.27. The van der Waals surface area contributed by atoms with Gasteiger partial charge in [-0.15, -0.1) is 0 Å². The number of carbonyl (C=O) groups is 1. The van der Waals surface area contributed by atoms with E-state index in [9.17, 15) is 26.4 Å². The number of halogens is 3. The molecule has 1 aliphatic heterocycles. The average Bonchev–Trinajstić information content (AvgIpc) is 3.36. The maximum atomic E-state index is 12.7. The molecule has 11 heteroatoms. The molecule has 0 spiro atoms. The Kier molecular flexibility index (Phi) is 7.72. The van der Waals surface area contributed by atoms with Crippen LogP contribution in [0.3, 0.4) is 0 Å². The van der Waals surface area contributed by atoms with E-state index in [4.69, 9.17) is 4.74 Å². The first-order valence-electron chi connectivity index (χ1n) is 11.7. The molecule has 3 aromatic rings. The second-order valence-corrected chi connectivity index (χ2v) is 10.9. The molecule has 0 radical (unpaired) electrons. The SMILES string of the molecule is CCS(=O)(=O)c1ccc(CNC(=O)c2ccc(N3CCC(Oc4ccc(C(F)(F)F)cc4)C3)nc2)cc1.